The van der Waals surface area contributed by atoms with Gasteiger partial charge in [-0.25, -0.2) is 0 Å². The zero-order valence-electron chi connectivity index (χ0n) is 12.1. The summed E-state index contributed by atoms with van der Waals surface area (Å²) < 4.78 is 11.6. The number of para-hydroxylation sites is 1. The lowest BCUT2D eigenvalue weighted by Crippen LogP contribution is -2.42. The van der Waals surface area contributed by atoms with E-state index in [9.17, 15) is 9.90 Å². The van der Waals surface area contributed by atoms with Crippen LogP contribution in [0.15, 0.2) is 18.2 Å². The minimum absolute atomic E-state index is 0.196. The molecule has 1 unspecified atom stereocenters. The zero-order valence-corrected chi connectivity index (χ0v) is 12.9. The highest BCUT2D eigenvalue weighted by Gasteiger charge is 2.48. The van der Waals surface area contributed by atoms with Gasteiger partial charge in [0.05, 0.1) is 12.5 Å². The van der Waals surface area contributed by atoms with Crippen molar-refractivity contribution < 1.29 is 19.4 Å². The summed E-state index contributed by atoms with van der Waals surface area (Å²) in [4.78, 5) is 11.7. The molecule has 3 rings (SSSR count). The molecule has 0 bridgehead atoms. The number of rotatable bonds is 5. The molecule has 1 aromatic carbocycles. The molecule has 1 N–H and O–H groups in total. The fourth-order valence-corrected chi connectivity index (χ4v) is 4.20. The smallest absolute Gasteiger partial charge is 0.314 e. The highest BCUT2D eigenvalue weighted by molar-refractivity contribution is 7.99. The van der Waals surface area contributed by atoms with Gasteiger partial charge in [-0.15, -0.1) is 0 Å². The van der Waals surface area contributed by atoms with E-state index >= 15 is 0 Å². The van der Waals surface area contributed by atoms with E-state index in [-0.39, 0.29) is 6.10 Å². The third-order valence-corrected chi connectivity index (χ3v) is 5.63. The maximum atomic E-state index is 11.7. The van der Waals surface area contributed by atoms with Crippen molar-refractivity contribution in [3.05, 3.63) is 23.8 Å². The van der Waals surface area contributed by atoms with E-state index in [1.807, 2.05) is 30.0 Å². The Balaban J connectivity index is 1.95. The third-order valence-electron chi connectivity index (χ3n) is 4.50. The lowest BCUT2D eigenvalue weighted by Gasteiger charge is -2.39. The number of carbonyl (C=O) groups is 1. The molecule has 1 aliphatic heterocycles. The number of hydrogen-bond donors (Lipinski definition) is 1. The fraction of sp³-hybridized carbons (Fsp3) is 0.562. The molecule has 0 aromatic heterocycles. The molecule has 1 saturated carbocycles. The van der Waals surface area contributed by atoms with Crippen LogP contribution in [0.2, 0.25) is 0 Å². The SMILES string of the molecule is COc1c(OC2CCSC2)cccc1C1(C(=O)O)CCC1. The van der Waals surface area contributed by atoms with Gasteiger partial charge in [0.2, 0.25) is 0 Å². The summed E-state index contributed by atoms with van der Waals surface area (Å²) >= 11 is 1.89. The van der Waals surface area contributed by atoms with Gasteiger partial charge in [0.25, 0.3) is 0 Å². The van der Waals surface area contributed by atoms with Crippen molar-refractivity contribution >= 4 is 17.7 Å². The Kier molecular flexibility index (Phi) is 4.02. The highest BCUT2D eigenvalue weighted by Crippen LogP contribution is 2.50. The number of benzene rings is 1. The van der Waals surface area contributed by atoms with Crippen molar-refractivity contribution in [2.75, 3.05) is 18.6 Å². The quantitative estimate of drug-likeness (QED) is 0.906. The number of carboxylic acids is 1. The van der Waals surface area contributed by atoms with E-state index in [4.69, 9.17) is 9.47 Å². The van der Waals surface area contributed by atoms with Crippen LogP contribution in [0.5, 0.6) is 11.5 Å². The Morgan fingerprint density at radius 3 is 2.76 bits per heavy atom. The number of thioether (sulfide) groups is 1. The molecular formula is C16H20O4S. The van der Waals surface area contributed by atoms with Crippen LogP contribution >= 0.6 is 11.8 Å². The van der Waals surface area contributed by atoms with Crippen molar-refractivity contribution in [2.45, 2.75) is 37.2 Å². The summed E-state index contributed by atoms with van der Waals surface area (Å²) in [7, 11) is 1.59. The van der Waals surface area contributed by atoms with Crippen molar-refractivity contribution in [3.63, 3.8) is 0 Å². The Morgan fingerprint density at radius 1 is 1.43 bits per heavy atom. The molecular weight excluding hydrogens is 288 g/mol. The van der Waals surface area contributed by atoms with Gasteiger partial charge in [-0.05, 0) is 31.1 Å². The summed E-state index contributed by atoms with van der Waals surface area (Å²) in [5.74, 6) is 2.61. The fourth-order valence-electron chi connectivity index (χ4n) is 3.11. The molecule has 1 atom stereocenters. The number of aliphatic carboxylic acids is 1. The first-order valence-electron chi connectivity index (χ1n) is 7.32. The molecule has 0 radical (unpaired) electrons. The first-order chi connectivity index (χ1) is 10.2. The topological polar surface area (TPSA) is 55.8 Å². The van der Waals surface area contributed by atoms with Crippen LogP contribution in [-0.2, 0) is 10.2 Å². The molecule has 1 aromatic rings. The Hall–Kier alpha value is -1.36. The molecule has 1 heterocycles. The average molecular weight is 308 g/mol. The Morgan fingerprint density at radius 2 is 2.24 bits per heavy atom. The van der Waals surface area contributed by atoms with Gasteiger partial charge < -0.3 is 14.6 Å². The molecule has 2 aliphatic rings. The van der Waals surface area contributed by atoms with E-state index < -0.39 is 11.4 Å². The second-order valence-corrected chi connectivity index (χ2v) is 6.83. The van der Waals surface area contributed by atoms with Gasteiger partial charge in [-0.2, -0.15) is 11.8 Å². The maximum Gasteiger partial charge on any atom is 0.314 e. The van der Waals surface area contributed by atoms with Crippen LogP contribution in [0, 0.1) is 0 Å². The summed E-state index contributed by atoms with van der Waals surface area (Å²) in [5, 5.41) is 9.63. The lowest BCUT2D eigenvalue weighted by molar-refractivity contribution is -0.147. The number of hydrogen-bond acceptors (Lipinski definition) is 4. The minimum atomic E-state index is -0.796. The molecule has 1 aliphatic carbocycles. The molecule has 4 nitrogen and oxygen atoms in total. The molecule has 1 saturated heterocycles. The van der Waals surface area contributed by atoms with E-state index in [1.54, 1.807) is 7.11 Å². The summed E-state index contributed by atoms with van der Waals surface area (Å²) in [6.45, 7) is 0. The van der Waals surface area contributed by atoms with Crippen LogP contribution in [0.25, 0.3) is 0 Å². The zero-order chi connectivity index (χ0) is 14.9. The molecule has 21 heavy (non-hydrogen) atoms. The Bertz CT molecular complexity index is 533. The highest BCUT2D eigenvalue weighted by atomic mass is 32.2. The minimum Gasteiger partial charge on any atom is -0.493 e. The van der Waals surface area contributed by atoms with Crippen molar-refractivity contribution in [1.29, 1.82) is 0 Å². The van der Waals surface area contributed by atoms with Crippen LogP contribution in [0.4, 0.5) is 0 Å². The molecule has 5 heteroatoms. The molecule has 2 fully saturated rings. The van der Waals surface area contributed by atoms with Crippen LogP contribution in [0.3, 0.4) is 0 Å². The predicted molar refractivity (Wildman–Crippen MR) is 82.5 cm³/mol. The second kappa shape index (κ2) is 5.79. The van der Waals surface area contributed by atoms with Crippen molar-refractivity contribution in [3.8, 4) is 11.5 Å². The van der Waals surface area contributed by atoms with Crippen LogP contribution < -0.4 is 9.47 Å². The molecule has 114 valence electrons. The average Bonchev–Trinajstić information content (AvgIpc) is 2.90. The van der Waals surface area contributed by atoms with E-state index in [0.717, 1.165) is 29.9 Å². The van der Waals surface area contributed by atoms with Crippen LogP contribution in [-0.4, -0.2) is 35.8 Å². The van der Waals surface area contributed by atoms with Gasteiger partial charge in [-0.1, -0.05) is 18.6 Å². The summed E-state index contributed by atoms with van der Waals surface area (Å²) in [6, 6.07) is 5.61. The second-order valence-electron chi connectivity index (χ2n) is 5.68. The largest absolute Gasteiger partial charge is 0.493 e. The van der Waals surface area contributed by atoms with Crippen molar-refractivity contribution in [2.24, 2.45) is 0 Å². The van der Waals surface area contributed by atoms with Gasteiger partial charge in [0, 0.05) is 11.3 Å². The van der Waals surface area contributed by atoms with E-state index in [1.165, 1.54) is 0 Å². The Labute approximate surface area is 128 Å². The predicted octanol–water partition coefficient (Wildman–Crippen LogP) is 3.09. The summed E-state index contributed by atoms with van der Waals surface area (Å²) in [6.07, 6.45) is 3.51. The number of ether oxygens (including phenoxy) is 2. The summed E-state index contributed by atoms with van der Waals surface area (Å²) in [5.41, 5.74) is -0.0401. The van der Waals surface area contributed by atoms with E-state index in [0.29, 0.717) is 24.3 Å². The first-order valence-corrected chi connectivity index (χ1v) is 8.48. The van der Waals surface area contributed by atoms with Gasteiger partial charge >= 0.3 is 5.97 Å². The maximum absolute atomic E-state index is 11.7. The third kappa shape index (κ3) is 2.48. The monoisotopic (exact) mass is 308 g/mol. The number of carboxylic acid groups (broad SMARTS) is 1. The normalized spacial score (nSPS) is 23.4. The van der Waals surface area contributed by atoms with Gasteiger partial charge in [0.1, 0.15) is 6.10 Å². The molecule has 0 spiro atoms. The molecule has 0 amide bonds. The van der Waals surface area contributed by atoms with Crippen molar-refractivity contribution in [1.82, 2.24) is 0 Å². The van der Waals surface area contributed by atoms with Crippen LogP contribution in [0.1, 0.15) is 31.2 Å². The van der Waals surface area contributed by atoms with Gasteiger partial charge in [0.15, 0.2) is 11.5 Å². The number of methoxy groups -OCH3 is 1. The van der Waals surface area contributed by atoms with Gasteiger partial charge in [-0.3, -0.25) is 4.79 Å². The standard InChI is InChI=1S/C16H20O4S/c1-19-14-12(16(15(17)18)7-3-8-16)4-2-5-13(14)20-11-6-9-21-10-11/h2,4-5,11H,3,6-10H2,1H3,(H,17,18). The first kappa shape index (κ1) is 14.6. The van der Waals surface area contributed by atoms with E-state index in [2.05, 4.69) is 0 Å². The lowest BCUT2D eigenvalue weighted by atomic mass is 9.64.